The highest BCUT2D eigenvalue weighted by Gasteiger charge is 2.07. The van der Waals surface area contributed by atoms with E-state index in [0.717, 1.165) is 23.8 Å². The van der Waals surface area contributed by atoms with Crippen LogP contribution in [0.4, 0.5) is 5.69 Å². The third kappa shape index (κ3) is 3.81. The molecule has 1 N–H and O–H groups in total. The maximum absolute atomic E-state index is 4.51. The molecule has 2 aromatic rings. The van der Waals surface area contributed by atoms with E-state index in [1.165, 1.54) is 11.3 Å². The van der Waals surface area contributed by atoms with Crippen LogP contribution in [0.25, 0.3) is 0 Å². The molecule has 0 saturated carbocycles. The van der Waals surface area contributed by atoms with Crippen LogP contribution in [0.3, 0.4) is 0 Å². The van der Waals surface area contributed by atoms with E-state index in [9.17, 15) is 0 Å². The lowest BCUT2D eigenvalue weighted by atomic mass is 10.1. The van der Waals surface area contributed by atoms with Crippen LogP contribution < -0.4 is 10.2 Å². The third-order valence-electron chi connectivity index (χ3n) is 3.41. The van der Waals surface area contributed by atoms with E-state index < -0.39 is 0 Å². The predicted octanol–water partition coefficient (Wildman–Crippen LogP) is 3.76. The molecule has 1 aromatic heterocycles. The number of anilines is 1. The fourth-order valence-electron chi connectivity index (χ4n) is 2.26. The Kier molecular flexibility index (Phi) is 5.15. The number of benzene rings is 1. The molecule has 3 nitrogen and oxygen atoms in total. The summed E-state index contributed by atoms with van der Waals surface area (Å²) in [6, 6.07) is 9.17. The van der Waals surface area contributed by atoms with Crippen LogP contribution in [0.1, 0.15) is 36.2 Å². The minimum absolute atomic E-state index is 0.403. The fraction of sp³-hybridized carbons (Fsp3) is 0.438. The zero-order chi connectivity index (χ0) is 14.5. The average molecular weight is 289 g/mol. The Morgan fingerprint density at radius 1 is 1.30 bits per heavy atom. The van der Waals surface area contributed by atoms with Gasteiger partial charge in [0.1, 0.15) is 0 Å². The monoisotopic (exact) mass is 289 g/mol. The van der Waals surface area contributed by atoms with Crippen molar-refractivity contribution in [3.63, 3.8) is 0 Å². The second-order valence-electron chi connectivity index (χ2n) is 5.08. The molecule has 0 aliphatic heterocycles. The highest BCUT2D eigenvalue weighted by atomic mass is 32.1. The fourth-order valence-corrected chi connectivity index (χ4v) is 2.86. The first-order valence-corrected chi connectivity index (χ1v) is 7.93. The SMILES string of the molecule is CCNC(C)c1ccc(N(C)Cc2csc(C)n2)cc1. The number of aryl methyl sites for hydroxylation is 1. The molecule has 0 saturated heterocycles. The Morgan fingerprint density at radius 3 is 2.55 bits per heavy atom. The highest BCUT2D eigenvalue weighted by Crippen LogP contribution is 2.20. The molecule has 0 spiro atoms. The summed E-state index contributed by atoms with van der Waals surface area (Å²) in [4.78, 5) is 6.75. The molecule has 1 atom stereocenters. The summed E-state index contributed by atoms with van der Waals surface area (Å²) >= 11 is 1.71. The Bertz CT molecular complexity index is 533. The first kappa shape index (κ1) is 15.0. The molecule has 0 aliphatic rings. The molecule has 0 aliphatic carbocycles. The van der Waals surface area contributed by atoms with Crippen molar-refractivity contribution < 1.29 is 0 Å². The molecular weight excluding hydrogens is 266 g/mol. The molecular formula is C16H23N3S. The van der Waals surface area contributed by atoms with Crippen molar-refractivity contribution in [2.45, 2.75) is 33.4 Å². The van der Waals surface area contributed by atoms with E-state index in [1.807, 2.05) is 6.92 Å². The van der Waals surface area contributed by atoms with Gasteiger partial charge >= 0.3 is 0 Å². The number of hydrogen-bond donors (Lipinski definition) is 1. The van der Waals surface area contributed by atoms with Gasteiger partial charge in [-0.1, -0.05) is 19.1 Å². The Labute approximate surface area is 125 Å². The van der Waals surface area contributed by atoms with Crippen molar-refractivity contribution in [1.82, 2.24) is 10.3 Å². The van der Waals surface area contributed by atoms with Gasteiger partial charge in [-0.05, 0) is 38.1 Å². The van der Waals surface area contributed by atoms with E-state index in [2.05, 4.69) is 65.7 Å². The normalized spacial score (nSPS) is 12.4. The zero-order valence-electron chi connectivity index (χ0n) is 12.7. The van der Waals surface area contributed by atoms with Gasteiger partial charge in [0.05, 0.1) is 17.2 Å². The Hall–Kier alpha value is -1.39. The van der Waals surface area contributed by atoms with Gasteiger partial charge in [-0.2, -0.15) is 0 Å². The molecule has 0 fully saturated rings. The zero-order valence-corrected chi connectivity index (χ0v) is 13.5. The average Bonchev–Trinajstić information content (AvgIpc) is 2.84. The van der Waals surface area contributed by atoms with Gasteiger partial charge in [0.2, 0.25) is 0 Å². The summed E-state index contributed by atoms with van der Waals surface area (Å²) in [5.74, 6) is 0. The number of nitrogens with one attached hydrogen (secondary N) is 1. The summed E-state index contributed by atoms with van der Waals surface area (Å²) < 4.78 is 0. The van der Waals surface area contributed by atoms with E-state index >= 15 is 0 Å². The van der Waals surface area contributed by atoms with E-state index in [1.54, 1.807) is 11.3 Å². The van der Waals surface area contributed by atoms with Gasteiger partial charge in [0, 0.05) is 24.2 Å². The van der Waals surface area contributed by atoms with Gasteiger partial charge in [-0.15, -0.1) is 11.3 Å². The number of nitrogens with zero attached hydrogens (tertiary/aromatic N) is 2. The first-order valence-electron chi connectivity index (χ1n) is 7.05. The number of hydrogen-bond acceptors (Lipinski definition) is 4. The number of rotatable bonds is 6. The van der Waals surface area contributed by atoms with Gasteiger partial charge in [-0.25, -0.2) is 4.98 Å². The molecule has 2 rings (SSSR count). The van der Waals surface area contributed by atoms with Crippen molar-refractivity contribution in [2.75, 3.05) is 18.5 Å². The minimum Gasteiger partial charge on any atom is -0.369 e. The van der Waals surface area contributed by atoms with Crippen molar-refractivity contribution in [1.29, 1.82) is 0 Å². The maximum Gasteiger partial charge on any atom is 0.0898 e. The van der Waals surface area contributed by atoms with Crippen LogP contribution in [0.2, 0.25) is 0 Å². The highest BCUT2D eigenvalue weighted by molar-refractivity contribution is 7.09. The smallest absolute Gasteiger partial charge is 0.0898 e. The lowest BCUT2D eigenvalue weighted by molar-refractivity contribution is 0.598. The van der Waals surface area contributed by atoms with Crippen molar-refractivity contribution in [3.05, 3.63) is 45.9 Å². The van der Waals surface area contributed by atoms with Crippen LogP contribution >= 0.6 is 11.3 Å². The quantitative estimate of drug-likeness (QED) is 0.877. The van der Waals surface area contributed by atoms with Crippen LogP contribution in [0.5, 0.6) is 0 Å². The number of thiazole rings is 1. The van der Waals surface area contributed by atoms with Gasteiger partial charge in [0.25, 0.3) is 0 Å². The molecule has 0 radical (unpaired) electrons. The van der Waals surface area contributed by atoms with E-state index in [0.29, 0.717) is 6.04 Å². The molecule has 20 heavy (non-hydrogen) atoms. The summed E-state index contributed by atoms with van der Waals surface area (Å²) in [5, 5.41) is 6.69. The first-order chi connectivity index (χ1) is 9.60. The summed E-state index contributed by atoms with van der Waals surface area (Å²) in [5.41, 5.74) is 3.69. The third-order valence-corrected chi connectivity index (χ3v) is 4.23. The minimum atomic E-state index is 0.403. The lowest BCUT2D eigenvalue weighted by Gasteiger charge is -2.19. The topological polar surface area (TPSA) is 28.2 Å². The predicted molar refractivity (Wildman–Crippen MR) is 87.5 cm³/mol. The summed E-state index contributed by atoms with van der Waals surface area (Å²) in [6.45, 7) is 8.22. The Balaban J connectivity index is 2.01. The molecule has 4 heteroatoms. The standard InChI is InChI=1S/C16H23N3S/c1-5-17-12(2)14-6-8-16(9-7-14)19(4)10-15-11-20-13(3)18-15/h6-9,11-12,17H,5,10H2,1-4H3. The van der Waals surface area contributed by atoms with Gasteiger partial charge in [0.15, 0.2) is 0 Å². The van der Waals surface area contributed by atoms with E-state index in [4.69, 9.17) is 0 Å². The van der Waals surface area contributed by atoms with Crippen molar-refractivity contribution in [2.24, 2.45) is 0 Å². The molecule has 108 valence electrons. The second-order valence-corrected chi connectivity index (χ2v) is 6.15. The Morgan fingerprint density at radius 2 is 2.00 bits per heavy atom. The summed E-state index contributed by atoms with van der Waals surface area (Å²) in [7, 11) is 2.11. The molecule has 1 unspecified atom stereocenters. The van der Waals surface area contributed by atoms with Crippen molar-refractivity contribution >= 4 is 17.0 Å². The summed E-state index contributed by atoms with van der Waals surface area (Å²) in [6.07, 6.45) is 0. The molecule has 1 heterocycles. The largest absolute Gasteiger partial charge is 0.369 e. The van der Waals surface area contributed by atoms with Crippen LogP contribution in [0, 0.1) is 6.92 Å². The van der Waals surface area contributed by atoms with E-state index in [-0.39, 0.29) is 0 Å². The second kappa shape index (κ2) is 6.86. The van der Waals surface area contributed by atoms with Crippen molar-refractivity contribution in [3.8, 4) is 0 Å². The number of aromatic nitrogens is 1. The van der Waals surface area contributed by atoms with Crippen LogP contribution in [0.15, 0.2) is 29.6 Å². The molecule has 1 aromatic carbocycles. The van der Waals surface area contributed by atoms with Crippen LogP contribution in [-0.4, -0.2) is 18.6 Å². The van der Waals surface area contributed by atoms with Gasteiger partial charge in [-0.3, -0.25) is 0 Å². The molecule has 0 amide bonds. The van der Waals surface area contributed by atoms with Gasteiger partial charge < -0.3 is 10.2 Å². The lowest BCUT2D eigenvalue weighted by Crippen LogP contribution is -2.19. The maximum atomic E-state index is 4.51. The van der Waals surface area contributed by atoms with Crippen LogP contribution in [-0.2, 0) is 6.54 Å². The molecule has 0 bridgehead atoms.